The van der Waals surface area contributed by atoms with E-state index in [0.717, 1.165) is 18.6 Å². The van der Waals surface area contributed by atoms with Gasteiger partial charge in [0.1, 0.15) is 12.4 Å². The van der Waals surface area contributed by atoms with Crippen molar-refractivity contribution in [3.8, 4) is 5.75 Å². The summed E-state index contributed by atoms with van der Waals surface area (Å²) in [4.78, 5) is 16.2. The van der Waals surface area contributed by atoms with Gasteiger partial charge in [0.25, 0.3) is 0 Å². The second-order valence-electron chi connectivity index (χ2n) is 7.29. The number of rotatable bonds is 9. The fourth-order valence-corrected chi connectivity index (χ4v) is 5.02. The van der Waals surface area contributed by atoms with Gasteiger partial charge in [-0.1, -0.05) is 23.9 Å². The number of aryl methyl sites for hydroxylation is 1. The summed E-state index contributed by atoms with van der Waals surface area (Å²) in [6, 6.07) is 4.25. The zero-order valence-corrected chi connectivity index (χ0v) is 19.1. The number of nitrogens with one attached hydrogen (secondary N) is 1. The molecular weight excluding hydrogens is 430 g/mol. The molecule has 1 aliphatic carbocycles. The molecule has 4 rings (SSSR count). The number of carbonyl (C=O) groups is 1. The van der Waals surface area contributed by atoms with Crippen molar-refractivity contribution in [2.24, 2.45) is 0 Å². The lowest BCUT2D eigenvalue weighted by atomic mass is 9.88. The molecule has 162 valence electrons. The number of amides is 1. The van der Waals surface area contributed by atoms with Crippen molar-refractivity contribution in [1.82, 2.24) is 19.7 Å². The number of thioether (sulfide) groups is 1. The van der Waals surface area contributed by atoms with E-state index in [0.29, 0.717) is 29.3 Å². The highest BCUT2D eigenvalue weighted by Crippen LogP contribution is 2.31. The zero-order valence-electron chi connectivity index (χ0n) is 17.5. The molecule has 0 saturated carbocycles. The molecule has 0 fully saturated rings. The van der Waals surface area contributed by atoms with Crippen molar-refractivity contribution in [3.05, 3.63) is 58.9 Å². The van der Waals surface area contributed by atoms with Gasteiger partial charge in [-0.15, -0.1) is 28.1 Å². The maximum absolute atomic E-state index is 12.2. The average Bonchev–Trinajstić information content (AvgIpc) is 3.42. The lowest BCUT2D eigenvalue weighted by molar-refractivity contribution is -0.113. The molecule has 1 aromatic carbocycles. The zero-order chi connectivity index (χ0) is 21.6. The molecule has 0 unspecified atom stereocenters. The molecule has 9 heteroatoms. The highest BCUT2D eigenvalue weighted by Gasteiger charge is 2.17. The topological polar surface area (TPSA) is 81.9 Å². The Bertz CT molecular complexity index is 1060. The third kappa shape index (κ3) is 5.16. The number of anilines is 1. The molecule has 7 nitrogen and oxygen atoms in total. The van der Waals surface area contributed by atoms with Crippen molar-refractivity contribution >= 4 is 34.1 Å². The Labute approximate surface area is 189 Å². The molecule has 0 atom stereocenters. The monoisotopic (exact) mass is 455 g/mol. The third-order valence-corrected chi connectivity index (χ3v) is 6.90. The van der Waals surface area contributed by atoms with E-state index in [-0.39, 0.29) is 11.7 Å². The summed E-state index contributed by atoms with van der Waals surface area (Å²) in [7, 11) is 0. The average molecular weight is 456 g/mol. The number of allylic oxidation sites excluding steroid dienone is 1. The minimum atomic E-state index is -0.129. The van der Waals surface area contributed by atoms with Crippen LogP contribution in [0.1, 0.15) is 35.4 Å². The van der Waals surface area contributed by atoms with E-state index in [1.165, 1.54) is 52.6 Å². The molecular formula is C22H25N5O2S2. The summed E-state index contributed by atoms with van der Waals surface area (Å²) in [6.07, 6.45) is 8.22. The summed E-state index contributed by atoms with van der Waals surface area (Å²) < 4.78 is 8.06. The van der Waals surface area contributed by atoms with Crippen molar-refractivity contribution in [2.45, 2.75) is 50.9 Å². The first kappa shape index (κ1) is 21.6. The second kappa shape index (κ2) is 10.1. The van der Waals surface area contributed by atoms with Crippen molar-refractivity contribution in [3.63, 3.8) is 0 Å². The quantitative estimate of drug-likeness (QED) is 0.380. The summed E-state index contributed by atoms with van der Waals surface area (Å²) in [5, 5.41) is 14.4. The van der Waals surface area contributed by atoms with Gasteiger partial charge in [0.2, 0.25) is 5.91 Å². The first-order valence-electron chi connectivity index (χ1n) is 10.2. The number of nitrogens with zero attached hydrogens (tertiary/aromatic N) is 4. The number of hydrogen-bond donors (Lipinski definition) is 1. The molecule has 0 aliphatic heterocycles. The largest absolute Gasteiger partial charge is 0.485 e. The molecule has 0 spiro atoms. The number of carbonyl (C=O) groups excluding carboxylic acids is 1. The normalized spacial score (nSPS) is 12.9. The van der Waals surface area contributed by atoms with Crippen LogP contribution >= 0.6 is 23.1 Å². The first-order valence-corrected chi connectivity index (χ1v) is 12.1. The van der Waals surface area contributed by atoms with Crippen LogP contribution in [0.25, 0.3) is 0 Å². The van der Waals surface area contributed by atoms with Crippen LogP contribution in [0.15, 0.2) is 41.5 Å². The summed E-state index contributed by atoms with van der Waals surface area (Å²) in [5.41, 5.74) is 4.10. The molecule has 2 heterocycles. The Kier molecular flexibility index (Phi) is 7.03. The van der Waals surface area contributed by atoms with Crippen LogP contribution in [-0.4, -0.2) is 31.4 Å². The van der Waals surface area contributed by atoms with Crippen molar-refractivity contribution < 1.29 is 9.53 Å². The number of benzene rings is 1. The van der Waals surface area contributed by atoms with E-state index in [1.807, 2.05) is 9.95 Å². The minimum Gasteiger partial charge on any atom is -0.485 e. The van der Waals surface area contributed by atoms with Gasteiger partial charge in [0.15, 0.2) is 16.1 Å². The SMILES string of the molecule is C=CCn1c(COc2ccc3c(c2C)CCCC3)nnc1SCC(=O)Nc1nccs1. The maximum Gasteiger partial charge on any atom is 0.236 e. The van der Waals surface area contributed by atoms with Gasteiger partial charge in [0, 0.05) is 18.1 Å². The Morgan fingerprint density at radius 1 is 1.35 bits per heavy atom. The Morgan fingerprint density at radius 3 is 3.03 bits per heavy atom. The van der Waals surface area contributed by atoms with E-state index in [2.05, 4.69) is 46.1 Å². The van der Waals surface area contributed by atoms with Crippen LogP contribution in [-0.2, 0) is 30.8 Å². The predicted octanol–water partition coefficient (Wildman–Crippen LogP) is 4.42. The summed E-state index contributed by atoms with van der Waals surface area (Å²) in [6.45, 7) is 6.82. The lowest BCUT2D eigenvalue weighted by Gasteiger charge is -2.20. The van der Waals surface area contributed by atoms with E-state index in [1.54, 1.807) is 12.3 Å². The first-order chi connectivity index (χ1) is 15.2. The lowest BCUT2D eigenvalue weighted by Crippen LogP contribution is -2.14. The number of aromatic nitrogens is 4. The Morgan fingerprint density at radius 2 is 2.23 bits per heavy atom. The van der Waals surface area contributed by atoms with Crippen LogP contribution in [0.4, 0.5) is 5.13 Å². The summed E-state index contributed by atoms with van der Waals surface area (Å²) >= 11 is 2.72. The van der Waals surface area contributed by atoms with Crippen LogP contribution in [0, 0.1) is 6.92 Å². The van der Waals surface area contributed by atoms with Crippen molar-refractivity contribution in [1.29, 1.82) is 0 Å². The van der Waals surface area contributed by atoms with Gasteiger partial charge < -0.3 is 10.1 Å². The fourth-order valence-electron chi connectivity index (χ4n) is 3.71. The number of ether oxygens (including phenoxy) is 1. The molecule has 1 aliphatic rings. The number of thiazole rings is 1. The molecule has 0 saturated heterocycles. The van der Waals surface area contributed by atoms with Gasteiger partial charge >= 0.3 is 0 Å². The Balaban J connectivity index is 1.41. The van der Waals surface area contributed by atoms with Crippen LogP contribution in [0.5, 0.6) is 5.75 Å². The molecule has 31 heavy (non-hydrogen) atoms. The highest BCUT2D eigenvalue weighted by molar-refractivity contribution is 7.99. The van der Waals surface area contributed by atoms with Gasteiger partial charge in [0.05, 0.1) is 5.75 Å². The van der Waals surface area contributed by atoms with Crippen LogP contribution in [0.2, 0.25) is 0 Å². The van der Waals surface area contributed by atoms with E-state index < -0.39 is 0 Å². The van der Waals surface area contributed by atoms with Gasteiger partial charge in [-0.2, -0.15) is 0 Å². The van der Waals surface area contributed by atoms with Crippen LogP contribution in [0.3, 0.4) is 0 Å². The number of hydrogen-bond acceptors (Lipinski definition) is 7. The smallest absolute Gasteiger partial charge is 0.236 e. The standard InChI is InChI=1S/C22H25N5O2S2/c1-3-11-27-19(13-29-18-9-8-16-6-4-5-7-17(16)15(18)2)25-26-22(27)31-14-20(28)24-21-23-10-12-30-21/h3,8-10,12H,1,4-7,11,13-14H2,2H3,(H,23,24,28). The van der Waals surface area contributed by atoms with E-state index in [9.17, 15) is 4.79 Å². The third-order valence-electron chi connectivity index (χ3n) is 5.24. The molecule has 1 amide bonds. The molecule has 3 aromatic rings. The van der Waals surface area contributed by atoms with E-state index in [4.69, 9.17) is 4.74 Å². The maximum atomic E-state index is 12.2. The predicted molar refractivity (Wildman–Crippen MR) is 124 cm³/mol. The van der Waals surface area contributed by atoms with Crippen LogP contribution < -0.4 is 10.1 Å². The van der Waals surface area contributed by atoms with Crippen molar-refractivity contribution in [2.75, 3.05) is 11.1 Å². The highest BCUT2D eigenvalue weighted by atomic mass is 32.2. The Hall–Kier alpha value is -2.65. The number of fused-ring (bicyclic) bond motifs is 1. The second-order valence-corrected chi connectivity index (χ2v) is 9.13. The van der Waals surface area contributed by atoms with E-state index >= 15 is 0 Å². The summed E-state index contributed by atoms with van der Waals surface area (Å²) in [5.74, 6) is 1.70. The van der Waals surface area contributed by atoms with Gasteiger partial charge in [-0.3, -0.25) is 9.36 Å². The fraction of sp³-hybridized carbons (Fsp3) is 0.364. The van der Waals surface area contributed by atoms with Gasteiger partial charge in [-0.05, 0) is 55.4 Å². The molecule has 0 radical (unpaired) electrons. The molecule has 2 aromatic heterocycles. The molecule has 1 N–H and O–H groups in total. The minimum absolute atomic E-state index is 0.129. The van der Waals surface area contributed by atoms with Gasteiger partial charge in [-0.25, -0.2) is 4.98 Å². The molecule has 0 bridgehead atoms.